The fraction of sp³-hybridized carbons (Fsp3) is 0.526. The third-order valence-corrected chi connectivity index (χ3v) is 3.90. The van der Waals surface area contributed by atoms with E-state index in [0.29, 0.717) is 17.7 Å². The maximum atomic E-state index is 11.7. The maximum Gasteiger partial charge on any atom is 0.412 e. The number of carboxylic acids is 1. The van der Waals surface area contributed by atoms with E-state index in [1.54, 1.807) is 12.1 Å². The van der Waals surface area contributed by atoms with Crippen LogP contribution >= 0.6 is 0 Å². The summed E-state index contributed by atoms with van der Waals surface area (Å²) in [6.07, 6.45) is -0.0310. The molecule has 0 aliphatic rings. The van der Waals surface area contributed by atoms with Crippen LogP contribution < -0.4 is 10.1 Å². The summed E-state index contributed by atoms with van der Waals surface area (Å²) in [7, 11) is 0. The zero-order chi connectivity index (χ0) is 20.3. The fourth-order valence-corrected chi connectivity index (χ4v) is 1.85. The number of amides is 1. The number of carbonyl (C=O) groups excluding carboxylic acids is 2. The lowest BCUT2D eigenvalue weighted by Crippen LogP contribution is -2.30. The molecule has 2 N–H and O–H groups in total. The van der Waals surface area contributed by atoms with Gasteiger partial charge < -0.3 is 24.6 Å². The first kappa shape index (κ1) is 22.4. The molecule has 0 saturated carbocycles. The average molecular weight is 381 g/mol. The van der Waals surface area contributed by atoms with Crippen molar-refractivity contribution >= 4 is 18.0 Å². The lowest BCUT2D eigenvalue weighted by atomic mass is 9.91. The highest BCUT2D eigenvalue weighted by atomic mass is 16.6. The number of carboxylic acid groups (broad SMARTS) is 1. The lowest BCUT2D eigenvalue weighted by molar-refractivity contribution is -0.155. The van der Waals surface area contributed by atoms with Crippen LogP contribution in [-0.2, 0) is 25.5 Å². The van der Waals surface area contributed by atoms with Crippen LogP contribution in [0.1, 0.15) is 32.8 Å². The minimum absolute atomic E-state index is 0.0882. The van der Waals surface area contributed by atoms with Crippen molar-refractivity contribution in [2.24, 2.45) is 5.41 Å². The molecule has 0 unspecified atom stereocenters. The second-order valence-electron chi connectivity index (χ2n) is 6.52. The number of aliphatic carboxylic acids is 1. The summed E-state index contributed by atoms with van der Waals surface area (Å²) >= 11 is 0. The first-order chi connectivity index (χ1) is 12.7. The number of rotatable bonds is 11. The highest BCUT2D eigenvalue weighted by Gasteiger charge is 2.26. The second-order valence-corrected chi connectivity index (χ2v) is 6.52. The standard InChI is InChI=1S/C19H27NO7/c1-4-19(2,3)17(23)26-12-11-25-10-9-20-18(24)27-15-7-5-14(6-8-15)13-16(21)22/h5-8H,4,9-13H2,1-3H3,(H,20,24)(H,21,22). The van der Waals surface area contributed by atoms with Crippen molar-refractivity contribution in [3.63, 3.8) is 0 Å². The van der Waals surface area contributed by atoms with E-state index >= 15 is 0 Å². The van der Waals surface area contributed by atoms with E-state index in [0.717, 1.165) is 0 Å². The maximum absolute atomic E-state index is 11.7. The topological polar surface area (TPSA) is 111 Å². The normalized spacial score (nSPS) is 10.9. The molecule has 0 saturated heterocycles. The molecule has 0 radical (unpaired) electrons. The smallest absolute Gasteiger partial charge is 0.412 e. The van der Waals surface area contributed by atoms with Gasteiger partial charge in [-0.25, -0.2) is 4.79 Å². The van der Waals surface area contributed by atoms with Crippen LogP contribution in [0.3, 0.4) is 0 Å². The molecular weight excluding hydrogens is 354 g/mol. The zero-order valence-corrected chi connectivity index (χ0v) is 15.9. The van der Waals surface area contributed by atoms with Crippen molar-refractivity contribution in [2.45, 2.75) is 33.6 Å². The molecule has 0 heterocycles. The first-order valence-corrected chi connectivity index (χ1v) is 8.76. The molecule has 150 valence electrons. The summed E-state index contributed by atoms with van der Waals surface area (Å²) in [4.78, 5) is 34.0. The van der Waals surface area contributed by atoms with Crippen molar-refractivity contribution in [1.82, 2.24) is 5.32 Å². The Morgan fingerprint density at radius 2 is 1.74 bits per heavy atom. The van der Waals surface area contributed by atoms with Gasteiger partial charge in [-0.05, 0) is 38.0 Å². The van der Waals surface area contributed by atoms with Gasteiger partial charge in [-0.3, -0.25) is 9.59 Å². The number of benzene rings is 1. The van der Waals surface area contributed by atoms with E-state index in [1.807, 2.05) is 20.8 Å². The molecule has 0 fully saturated rings. The van der Waals surface area contributed by atoms with Crippen LogP contribution in [0.15, 0.2) is 24.3 Å². The van der Waals surface area contributed by atoms with Gasteiger partial charge in [0.15, 0.2) is 0 Å². The second kappa shape index (κ2) is 11.2. The largest absolute Gasteiger partial charge is 0.481 e. The molecule has 27 heavy (non-hydrogen) atoms. The first-order valence-electron chi connectivity index (χ1n) is 8.76. The fourth-order valence-electron chi connectivity index (χ4n) is 1.85. The van der Waals surface area contributed by atoms with Crippen molar-refractivity contribution < 1.29 is 33.7 Å². The molecule has 0 aromatic heterocycles. The Bertz CT molecular complexity index is 625. The third-order valence-electron chi connectivity index (χ3n) is 3.90. The third kappa shape index (κ3) is 9.05. The Kier molecular flexibility index (Phi) is 9.29. The Morgan fingerprint density at radius 3 is 2.33 bits per heavy atom. The number of ether oxygens (including phenoxy) is 3. The van der Waals surface area contributed by atoms with Crippen LogP contribution in [0.25, 0.3) is 0 Å². The summed E-state index contributed by atoms with van der Waals surface area (Å²) in [6.45, 7) is 6.47. The number of hydrogen-bond donors (Lipinski definition) is 2. The van der Waals surface area contributed by atoms with Gasteiger partial charge >= 0.3 is 18.0 Å². The number of hydrogen-bond acceptors (Lipinski definition) is 6. The van der Waals surface area contributed by atoms with E-state index in [4.69, 9.17) is 19.3 Å². The highest BCUT2D eigenvalue weighted by molar-refractivity contribution is 5.75. The van der Waals surface area contributed by atoms with Crippen molar-refractivity contribution in [2.75, 3.05) is 26.4 Å². The van der Waals surface area contributed by atoms with Gasteiger partial charge in [0.25, 0.3) is 0 Å². The van der Waals surface area contributed by atoms with E-state index in [1.165, 1.54) is 12.1 Å². The van der Waals surface area contributed by atoms with Crippen LogP contribution in [0.2, 0.25) is 0 Å². The summed E-state index contributed by atoms with van der Waals surface area (Å²) < 4.78 is 15.5. The van der Waals surface area contributed by atoms with E-state index in [9.17, 15) is 14.4 Å². The summed E-state index contributed by atoms with van der Waals surface area (Å²) in [5, 5.41) is 11.2. The molecule has 1 rings (SSSR count). The molecular formula is C19H27NO7. The molecule has 1 amide bonds. The van der Waals surface area contributed by atoms with Gasteiger partial charge in [-0.15, -0.1) is 0 Å². The van der Waals surface area contributed by atoms with Crippen LogP contribution in [0.4, 0.5) is 4.79 Å². The molecule has 0 spiro atoms. The van der Waals surface area contributed by atoms with Crippen LogP contribution in [0.5, 0.6) is 5.75 Å². The molecule has 8 nitrogen and oxygen atoms in total. The summed E-state index contributed by atoms with van der Waals surface area (Å²) in [5.74, 6) is -0.872. The molecule has 0 aliphatic carbocycles. The molecule has 8 heteroatoms. The van der Waals surface area contributed by atoms with Gasteiger partial charge in [-0.2, -0.15) is 0 Å². The van der Waals surface area contributed by atoms with Crippen molar-refractivity contribution in [3.05, 3.63) is 29.8 Å². The van der Waals surface area contributed by atoms with Gasteiger partial charge in [0.2, 0.25) is 0 Å². The quantitative estimate of drug-likeness (QED) is 0.447. The van der Waals surface area contributed by atoms with Gasteiger partial charge in [0.1, 0.15) is 12.4 Å². The Labute approximate surface area is 158 Å². The predicted molar refractivity (Wildman–Crippen MR) is 97.7 cm³/mol. The van der Waals surface area contributed by atoms with Gasteiger partial charge in [0.05, 0.1) is 25.0 Å². The number of esters is 1. The Morgan fingerprint density at radius 1 is 1.07 bits per heavy atom. The van der Waals surface area contributed by atoms with E-state index in [-0.39, 0.29) is 38.8 Å². The summed E-state index contributed by atoms with van der Waals surface area (Å²) in [6, 6.07) is 6.23. The SMILES string of the molecule is CCC(C)(C)C(=O)OCCOCCNC(=O)Oc1ccc(CC(=O)O)cc1. The Hall–Kier alpha value is -2.61. The molecule has 0 bridgehead atoms. The monoisotopic (exact) mass is 381 g/mol. The Balaban J connectivity index is 2.14. The van der Waals surface area contributed by atoms with E-state index < -0.39 is 17.5 Å². The summed E-state index contributed by atoms with van der Waals surface area (Å²) in [5.41, 5.74) is 0.114. The number of carbonyl (C=O) groups is 3. The van der Waals surface area contributed by atoms with Crippen LogP contribution in [0, 0.1) is 5.41 Å². The minimum atomic E-state index is -0.926. The van der Waals surface area contributed by atoms with Crippen LogP contribution in [-0.4, -0.2) is 49.5 Å². The molecule has 0 aliphatic heterocycles. The van der Waals surface area contributed by atoms with Gasteiger partial charge in [-0.1, -0.05) is 19.1 Å². The lowest BCUT2D eigenvalue weighted by Gasteiger charge is -2.20. The molecule has 1 aromatic rings. The molecule has 1 aromatic carbocycles. The van der Waals surface area contributed by atoms with Crippen molar-refractivity contribution in [3.8, 4) is 5.75 Å². The zero-order valence-electron chi connectivity index (χ0n) is 15.9. The predicted octanol–water partition coefficient (Wildman–Crippen LogP) is 2.40. The van der Waals surface area contributed by atoms with E-state index in [2.05, 4.69) is 5.32 Å². The highest BCUT2D eigenvalue weighted by Crippen LogP contribution is 2.21. The number of nitrogens with one attached hydrogen (secondary N) is 1. The van der Waals surface area contributed by atoms with Crippen molar-refractivity contribution in [1.29, 1.82) is 0 Å². The minimum Gasteiger partial charge on any atom is -0.481 e. The van der Waals surface area contributed by atoms with Gasteiger partial charge in [0, 0.05) is 6.54 Å². The average Bonchev–Trinajstić information content (AvgIpc) is 2.61. The molecule has 0 atom stereocenters.